The SMILES string of the molecule is C=NCc1cc(-c2ccncc2)cc(-c2cccc3c2NCC=C3)c1. The van der Waals surface area contributed by atoms with Crippen LogP contribution in [-0.4, -0.2) is 18.2 Å². The minimum atomic E-state index is 0.605. The van der Waals surface area contributed by atoms with Crippen molar-refractivity contribution in [2.45, 2.75) is 6.54 Å². The lowest BCUT2D eigenvalue weighted by molar-refractivity contribution is 1.08. The summed E-state index contributed by atoms with van der Waals surface area (Å²) in [7, 11) is 0. The van der Waals surface area contributed by atoms with Gasteiger partial charge in [0.15, 0.2) is 0 Å². The van der Waals surface area contributed by atoms with Crippen molar-refractivity contribution in [1.82, 2.24) is 4.98 Å². The van der Waals surface area contributed by atoms with Crippen LogP contribution in [0.4, 0.5) is 5.69 Å². The smallest absolute Gasteiger partial charge is 0.0632 e. The Balaban J connectivity index is 1.89. The first kappa shape index (κ1) is 15.3. The van der Waals surface area contributed by atoms with Crippen LogP contribution >= 0.6 is 0 Å². The maximum absolute atomic E-state index is 4.12. The standard InChI is InChI=1S/C22H19N3/c1-23-15-16-12-19(17-7-10-24-11-8-17)14-20(13-16)21-6-2-4-18-5-3-9-25-22(18)21/h2-8,10-14,25H,1,9,15H2. The lowest BCUT2D eigenvalue weighted by atomic mass is 9.93. The van der Waals surface area contributed by atoms with Gasteiger partial charge in [-0.05, 0) is 64.9 Å². The zero-order valence-corrected chi connectivity index (χ0v) is 13.9. The van der Waals surface area contributed by atoms with Crippen molar-refractivity contribution < 1.29 is 0 Å². The summed E-state index contributed by atoms with van der Waals surface area (Å²) in [6.07, 6.45) is 7.97. The van der Waals surface area contributed by atoms with Crippen molar-refractivity contribution in [2.75, 3.05) is 11.9 Å². The van der Waals surface area contributed by atoms with E-state index >= 15 is 0 Å². The summed E-state index contributed by atoms with van der Waals surface area (Å²) in [6.45, 7) is 5.11. The van der Waals surface area contributed by atoms with Gasteiger partial charge in [0.2, 0.25) is 0 Å². The molecule has 4 rings (SSSR count). The van der Waals surface area contributed by atoms with Crippen LogP contribution in [0.25, 0.3) is 28.3 Å². The number of hydrogen-bond donors (Lipinski definition) is 1. The van der Waals surface area contributed by atoms with Crippen molar-refractivity contribution in [3.8, 4) is 22.3 Å². The van der Waals surface area contributed by atoms with Gasteiger partial charge in [0.25, 0.3) is 0 Å². The molecule has 2 heterocycles. The third kappa shape index (κ3) is 3.09. The van der Waals surface area contributed by atoms with E-state index in [0.717, 1.165) is 17.7 Å². The second kappa shape index (κ2) is 6.73. The van der Waals surface area contributed by atoms with Crippen LogP contribution in [0.2, 0.25) is 0 Å². The molecule has 3 aromatic rings. The van der Waals surface area contributed by atoms with E-state index in [1.807, 2.05) is 24.5 Å². The molecule has 0 saturated carbocycles. The number of hydrogen-bond acceptors (Lipinski definition) is 3. The maximum Gasteiger partial charge on any atom is 0.0632 e. The van der Waals surface area contributed by atoms with Crippen LogP contribution in [0.15, 0.2) is 72.0 Å². The molecule has 0 unspecified atom stereocenters. The molecule has 3 nitrogen and oxygen atoms in total. The number of aliphatic imine (C=N–C) groups is 1. The fraction of sp³-hybridized carbons (Fsp3) is 0.0909. The molecule has 0 fully saturated rings. The number of nitrogens with zero attached hydrogens (tertiary/aromatic N) is 2. The van der Waals surface area contributed by atoms with Gasteiger partial charge in [-0.25, -0.2) is 0 Å². The van der Waals surface area contributed by atoms with Gasteiger partial charge >= 0.3 is 0 Å². The molecule has 1 aliphatic rings. The molecule has 3 heteroatoms. The second-order valence-electron chi connectivity index (χ2n) is 6.09. The van der Waals surface area contributed by atoms with Crippen molar-refractivity contribution in [2.24, 2.45) is 4.99 Å². The lowest BCUT2D eigenvalue weighted by Crippen LogP contribution is -2.06. The highest BCUT2D eigenvalue weighted by Gasteiger charge is 2.12. The maximum atomic E-state index is 4.12. The molecule has 0 spiro atoms. The Labute approximate surface area is 147 Å². The zero-order valence-electron chi connectivity index (χ0n) is 13.9. The van der Waals surface area contributed by atoms with E-state index in [2.05, 4.69) is 70.6 Å². The molecular weight excluding hydrogens is 306 g/mol. The highest BCUT2D eigenvalue weighted by atomic mass is 14.9. The fourth-order valence-electron chi connectivity index (χ4n) is 3.27. The Morgan fingerprint density at radius 2 is 1.84 bits per heavy atom. The first-order valence-electron chi connectivity index (χ1n) is 8.36. The molecule has 0 radical (unpaired) electrons. The molecule has 0 bridgehead atoms. The zero-order chi connectivity index (χ0) is 17.1. The van der Waals surface area contributed by atoms with Gasteiger partial charge in [0.1, 0.15) is 0 Å². The number of nitrogens with one attached hydrogen (secondary N) is 1. The van der Waals surface area contributed by atoms with E-state index in [0.29, 0.717) is 6.54 Å². The Hall–Kier alpha value is -3.20. The molecular formula is C22H19N3. The normalized spacial score (nSPS) is 12.3. The molecule has 122 valence electrons. The predicted molar refractivity (Wildman–Crippen MR) is 106 cm³/mol. The average Bonchev–Trinajstić information content (AvgIpc) is 2.68. The average molecular weight is 325 g/mol. The van der Waals surface area contributed by atoms with Crippen LogP contribution in [0.5, 0.6) is 0 Å². The van der Waals surface area contributed by atoms with Crippen molar-refractivity contribution in [1.29, 1.82) is 0 Å². The quantitative estimate of drug-likeness (QED) is 0.681. The summed E-state index contributed by atoms with van der Waals surface area (Å²) in [6, 6.07) is 17.1. The van der Waals surface area contributed by atoms with Crippen LogP contribution in [0.1, 0.15) is 11.1 Å². The molecule has 0 atom stereocenters. The number of aromatic nitrogens is 1. The monoisotopic (exact) mass is 325 g/mol. The molecule has 0 amide bonds. The topological polar surface area (TPSA) is 37.3 Å². The minimum Gasteiger partial charge on any atom is -0.381 e. The van der Waals surface area contributed by atoms with E-state index in [1.54, 1.807) is 0 Å². The summed E-state index contributed by atoms with van der Waals surface area (Å²) in [5.74, 6) is 0. The Bertz CT molecular complexity index is 943. The third-order valence-electron chi connectivity index (χ3n) is 4.40. The second-order valence-corrected chi connectivity index (χ2v) is 6.09. The molecule has 0 aliphatic carbocycles. The van der Waals surface area contributed by atoms with E-state index < -0.39 is 0 Å². The number of para-hydroxylation sites is 1. The van der Waals surface area contributed by atoms with E-state index in [-0.39, 0.29) is 0 Å². The highest BCUT2D eigenvalue weighted by molar-refractivity contribution is 5.88. The molecule has 25 heavy (non-hydrogen) atoms. The lowest BCUT2D eigenvalue weighted by Gasteiger charge is -2.18. The molecule has 1 N–H and O–H groups in total. The first-order chi connectivity index (χ1) is 12.3. The number of anilines is 1. The van der Waals surface area contributed by atoms with Gasteiger partial charge < -0.3 is 5.32 Å². The third-order valence-corrected chi connectivity index (χ3v) is 4.40. The van der Waals surface area contributed by atoms with Crippen molar-refractivity contribution >= 4 is 18.5 Å². The van der Waals surface area contributed by atoms with Crippen LogP contribution in [0, 0.1) is 0 Å². The van der Waals surface area contributed by atoms with Gasteiger partial charge in [-0.2, -0.15) is 0 Å². The highest BCUT2D eigenvalue weighted by Crippen LogP contribution is 2.36. The number of fused-ring (bicyclic) bond motifs is 1. The van der Waals surface area contributed by atoms with Crippen molar-refractivity contribution in [3.63, 3.8) is 0 Å². The van der Waals surface area contributed by atoms with Gasteiger partial charge in [0.05, 0.1) is 6.54 Å². The number of benzene rings is 2. The summed E-state index contributed by atoms with van der Waals surface area (Å²) in [5.41, 5.74) is 8.29. The van der Waals surface area contributed by atoms with Crippen LogP contribution in [0.3, 0.4) is 0 Å². The molecule has 2 aromatic carbocycles. The summed E-state index contributed by atoms with van der Waals surface area (Å²) in [4.78, 5) is 8.20. The first-order valence-corrected chi connectivity index (χ1v) is 8.36. The summed E-state index contributed by atoms with van der Waals surface area (Å²) < 4.78 is 0. The Morgan fingerprint density at radius 1 is 1.00 bits per heavy atom. The Morgan fingerprint density at radius 3 is 2.68 bits per heavy atom. The minimum absolute atomic E-state index is 0.605. The molecule has 0 saturated heterocycles. The summed E-state index contributed by atoms with van der Waals surface area (Å²) >= 11 is 0. The Kier molecular flexibility index (Phi) is 4.13. The largest absolute Gasteiger partial charge is 0.381 e. The van der Waals surface area contributed by atoms with E-state index in [4.69, 9.17) is 0 Å². The number of pyridine rings is 1. The van der Waals surface area contributed by atoms with Crippen LogP contribution in [-0.2, 0) is 6.54 Å². The van der Waals surface area contributed by atoms with Gasteiger partial charge in [-0.15, -0.1) is 0 Å². The summed E-state index contributed by atoms with van der Waals surface area (Å²) in [5, 5.41) is 3.51. The van der Waals surface area contributed by atoms with Crippen molar-refractivity contribution in [3.05, 3.63) is 78.1 Å². The fourth-order valence-corrected chi connectivity index (χ4v) is 3.27. The van der Waals surface area contributed by atoms with Crippen LogP contribution < -0.4 is 5.32 Å². The molecule has 1 aliphatic heterocycles. The van der Waals surface area contributed by atoms with E-state index in [9.17, 15) is 0 Å². The number of rotatable bonds is 4. The van der Waals surface area contributed by atoms with Gasteiger partial charge in [-0.3, -0.25) is 9.98 Å². The van der Waals surface area contributed by atoms with Gasteiger partial charge in [0, 0.05) is 30.2 Å². The van der Waals surface area contributed by atoms with E-state index in [1.165, 1.54) is 27.9 Å². The molecule has 1 aromatic heterocycles. The van der Waals surface area contributed by atoms with Gasteiger partial charge in [-0.1, -0.05) is 30.4 Å². The predicted octanol–water partition coefficient (Wildman–Crippen LogP) is 5.05.